The number of halogens is 5. The van der Waals surface area contributed by atoms with Gasteiger partial charge in [-0.15, -0.1) is 0 Å². The molecule has 0 fully saturated rings. The number of nitrogens with zero attached hydrogens (tertiary/aromatic N) is 4. The highest BCUT2D eigenvalue weighted by Gasteiger charge is 2.32. The smallest absolute Gasteiger partial charge is 0.416 e. The van der Waals surface area contributed by atoms with Gasteiger partial charge in [-0.3, -0.25) is 5.32 Å². The van der Waals surface area contributed by atoms with Crippen molar-refractivity contribution in [2.24, 2.45) is 16.0 Å². The molecule has 1 heterocycles. The molecule has 0 saturated heterocycles. The first-order valence-electron chi connectivity index (χ1n) is 9.98. The summed E-state index contributed by atoms with van der Waals surface area (Å²) in [5.41, 5.74) is 0.510. The fourth-order valence-corrected chi connectivity index (χ4v) is 3.77. The summed E-state index contributed by atoms with van der Waals surface area (Å²) in [6.07, 6.45) is -1.12. The minimum Gasteiger partial charge on any atom is -0.494 e. The molecule has 0 radical (unpaired) electrons. The summed E-state index contributed by atoms with van der Waals surface area (Å²) in [5, 5.41) is 18.5. The summed E-state index contributed by atoms with van der Waals surface area (Å²) in [6.45, 7) is 2.41. The fraction of sp³-hybridized carbons (Fsp3) is 0.318. The van der Waals surface area contributed by atoms with E-state index in [1.807, 2.05) is 6.92 Å². The van der Waals surface area contributed by atoms with Crippen molar-refractivity contribution in [2.45, 2.75) is 25.9 Å². The number of aliphatic imine (C=N–C) groups is 1. The Hall–Kier alpha value is -2.96. The van der Waals surface area contributed by atoms with Crippen LogP contribution in [0.25, 0.3) is 0 Å². The van der Waals surface area contributed by atoms with E-state index in [2.05, 4.69) is 15.4 Å². The molecule has 0 amide bonds. The highest BCUT2D eigenvalue weighted by molar-refractivity contribution is 6.42. The second-order valence-electron chi connectivity index (χ2n) is 7.24. The first kappa shape index (κ1) is 24.7. The van der Waals surface area contributed by atoms with Crippen LogP contribution in [-0.2, 0) is 6.18 Å². The summed E-state index contributed by atoms with van der Waals surface area (Å²) in [7, 11) is 1.33. The topological polar surface area (TPSA) is 73.0 Å². The molecule has 1 atom stereocenters. The van der Waals surface area contributed by atoms with E-state index in [9.17, 15) is 18.4 Å². The van der Waals surface area contributed by atoms with Gasteiger partial charge in [-0.05, 0) is 42.3 Å². The summed E-state index contributed by atoms with van der Waals surface area (Å²) >= 11 is 12.2. The Kier molecular flexibility index (Phi) is 7.72. The van der Waals surface area contributed by atoms with Crippen molar-refractivity contribution in [1.29, 1.82) is 5.26 Å². The van der Waals surface area contributed by atoms with Crippen LogP contribution < -0.4 is 10.1 Å². The normalized spacial score (nSPS) is 16.4. The highest BCUT2D eigenvalue weighted by Crippen LogP contribution is 2.37. The Labute approximate surface area is 199 Å². The van der Waals surface area contributed by atoms with Gasteiger partial charge < -0.3 is 4.74 Å². The molecule has 11 heteroatoms. The van der Waals surface area contributed by atoms with E-state index < -0.39 is 11.7 Å². The third-order valence-corrected chi connectivity index (χ3v) is 5.74. The first-order valence-corrected chi connectivity index (χ1v) is 10.7. The van der Waals surface area contributed by atoms with E-state index in [1.54, 1.807) is 24.4 Å². The predicted octanol–water partition coefficient (Wildman–Crippen LogP) is 6.22. The maximum Gasteiger partial charge on any atom is 0.416 e. The molecular weight excluding hydrogens is 478 g/mol. The van der Waals surface area contributed by atoms with Crippen molar-refractivity contribution in [3.05, 3.63) is 57.6 Å². The number of alkyl halides is 3. The van der Waals surface area contributed by atoms with Gasteiger partial charge in [0.1, 0.15) is 11.4 Å². The molecule has 174 valence electrons. The van der Waals surface area contributed by atoms with Crippen LogP contribution >= 0.6 is 23.2 Å². The molecule has 0 saturated carbocycles. The maximum atomic E-state index is 13.2. The zero-order valence-corrected chi connectivity index (χ0v) is 19.3. The molecule has 33 heavy (non-hydrogen) atoms. The first-order chi connectivity index (χ1) is 15.7. The van der Waals surface area contributed by atoms with E-state index in [4.69, 9.17) is 27.9 Å². The minimum atomic E-state index is -4.56. The largest absolute Gasteiger partial charge is 0.494 e. The molecule has 0 bridgehead atoms. The quantitative estimate of drug-likeness (QED) is 0.230. The van der Waals surface area contributed by atoms with Gasteiger partial charge in [0.2, 0.25) is 5.96 Å². The van der Waals surface area contributed by atoms with Crippen molar-refractivity contribution in [3.63, 3.8) is 0 Å². The molecule has 0 aromatic heterocycles. The number of hydrogen-bond acceptors (Lipinski definition) is 4. The Bertz CT molecular complexity index is 1130. The lowest BCUT2D eigenvalue weighted by atomic mass is 9.93. The lowest BCUT2D eigenvalue weighted by molar-refractivity contribution is -0.137. The number of rotatable bonds is 5. The van der Waals surface area contributed by atoms with Gasteiger partial charge in [0.15, 0.2) is 6.19 Å². The average molecular weight is 498 g/mol. The Balaban J connectivity index is 2.06. The standard InChI is InChI=1S/C22H20Cl2F3N5O/c1-3-4-14-11-32(31-20(14)13-5-7-16(23)17(24)9-13)21(29-12-28)30-18-10-15(22(25,26)27)6-8-19(18)33-2/h5-10,14H,3-4,11H2,1-2H3,(H,29,30). The van der Waals surface area contributed by atoms with Crippen molar-refractivity contribution >= 4 is 40.6 Å². The lowest BCUT2D eigenvalue weighted by Crippen LogP contribution is -2.35. The number of nitriles is 1. The monoisotopic (exact) mass is 497 g/mol. The van der Waals surface area contributed by atoms with Crippen LogP contribution in [0.5, 0.6) is 5.75 Å². The molecule has 2 aromatic carbocycles. The van der Waals surface area contributed by atoms with Crippen molar-refractivity contribution < 1.29 is 17.9 Å². The average Bonchev–Trinajstić information content (AvgIpc) is 3.19. The van der Waals surface area contributed by atoms with Crippen LogP contribution in [0.4, 0.5) is 18.9 Å². The van der Waals surface area contributed by atoms with Crippen LogP contribution in [0, 0.1) is 17.4 Å². The van der Waals surface area contributed by atoms with Crippen molar-refractivity contribution in [1.82, 2.24) is 10.3 Å². The zero-order chi connectivity index (χ0) is 24.2. The number of nitrogens with one attached hydrogen (secondary N) is 1. The van der Waals surface area contributed by atoms with E-state index in [-0.39, 0.29) is 23.3 Å². The molecule has 1 N–H and O–H groups in total. The van der Waals surface area contributed by atoms with Gasteiger partial charge in [-0.1, -0.05) is 42.6 Å². The number of ether oxygens (including phenoxy) is 1. The Morgan fingerprint density at radius 2 is 2.03 bits per heavy atom. The predicted molar refractivity (Wildman–Crippen MR) is 122 cm³/mol. The van der Waals surface area contributed by atoms with E-state index >= 15 is 0 Å². The molecule has 1 aliphatic heterocycles. The molecule has 2 aromatic rings. The maximum absolute atomic E-state index is 13.2. The SMILES string of the molecule is CCCC1CN(C(=Nc2cc(C(F)(F)F)ccc2OC)NC#N)N=C1c1ccc(Cl)c(Cl)c1. The molecule has 1 unspecified atom stereocenters. The fourth-order valence-electron chi connectivity index (χ4n) is 3.47. The molecule has 0 spiro atoms. The summed E-state index contributed by atoms with van der Waals surface area (Å²) < 4.78 is 44.8. The van der Waals surface area contributed by atoms with Crippen molar-refractivity contribution in [2.75, 3.05) is 13.7 Å². The van der Waals surface area contributed by atoms with Gasteiger partial charge in [-0.25, -0.2) is 10.0 Å². The van der Waals surface area contributed by atoms with E-state index in [0.717, 1.165) is 36.2 Å². The Morgan fingerprint density at radius 1 is 1.27 bits per heavy atom. The molecule has 1 aliphatic rings. The van der Waals surface area contributed by atoms with Gasteiger partial charge >= 0.3 is 6.18 Å². The lowest BCUT2D eigenvalue weighted by Gasteiger charge is -2.17. The minimum absolute atomic E-state index is 0.0126. The van der Waals surface area contributed by atoms with Crippen molar-refractivity contribution in [3.8, 4) is 11.9 Å². The third-order valence-electron chi connectivity index (χ3n) is 5.01. The molecule has 3 rings (SSSR count). The van der Waals surface area contributed by atoms with Crippen LogP contribution in [-0.4, -0.2) is 30.3 Å². The zero-order valence-electron chi connectivity index (χ0n) is 17.7. The number of methoxy groups -OCH3 is 1. The summed E-state index contributed by atoms with van der Waals surface area (Å²) in [6, 6.07) is 8.12. The summed E-state index contributed by atoms with van der Waals surface area (Å²) in [4.78, 5) is 4.26. The van der Waals surface area contributed by atoms with Crippen LogP contribution in [0.15, 0.2) is 46.5 Å². The van der Waals surface area contributed by atoms with Gasteiger partial charge in [-0.2, -0.15) is 23.5 Å². The molecule has 0 aliphatic carbocycles. The molecular formula is C22H20Cl2F3N5O. The van der Waals surface area contributed by atoms with E-state index in [1.165, 1.54) is 18.2 Å². The third kappa shape index (κ3) is 5.70. The number of hydrazone groups is 1. The second kappa shape index (κ2) is 10.3. The van der Waals surface area contributed by atoms with Crippen LogP contribution in [0.1, 0.15) is 30.9 Å². The van der Waals surface area contributed by atoms with Crippen LogP contribution in [0.2, 0.25) is 10.0 Å². The second-order valence-corrected chi connectivity index (χ2v) is 8.05. The van der Waals surface area contributed by atoms with Gasteiger partial charge in [0, 0.05) is 5.92 Å². The highest BCUT2D eigenvalue weighted by atomic mass is 35.5. The summed E-state index contributed by atoms with van der Waals surface area (Å²) in [5.74, 6) is 0.0888. The number of guanidine groups is 1. The Morgan fingerprint density at radius 3 is 2.64 bits per heavy atom. The van der Waals surface area contributed by atoms with Gasteiger partial charge in [0.25, 0.3) is 0 Å². The molecule has 6 nitrogen and oxygen atoms in total. The van der Waals surface area contributed by atoms with Crippen LogP contribution in [0.3, 0.4) is 0 Å². The van der Waals surface area contributed by atoms with Gasteiger partial charge in [0.05, 0.1) is 35.0 Å². The number of hydrogen-bond donors (Lipinski definition) is 1. The number of benzene rings is 2. The van der Waals surface area contributed by atoms with E-state index in [0.29, 0.717) is 16.6 Å².